The Labute approximate surface area is 114 Å². The minimum Gasteiger partial charge on any atom is -0.245 e. The van der Waals surface area contributed by atoms with Crippen LogP contribution in [0.15, 0.2) is 59.8 Å². The van der Waals surface area contributed by atoms with Crippen LogP contribution in [0, 0.1) is 0 Å². The smallest absolute Gasteiger partial charge is 0.202 e. The Kier molecular flexibility index (Phi) is 4.32. The van der Waals surface area contributed by atoms with Crippen LogP contribution in [0.2, 0.25) is 0 Å². The Morgan fingerprint density at radius 1 is 1.05 bits per heavy atom. The van der Waals surface area contributed by atoms with Crippen LogP contribution in [0.5, 0.6) is 0 Å². The van der Waals surface area contributed by atoms with E-state index in [1.165, 1.54) is 6.20 Å². The number of hydrogen-bond acceptors (Lipinski definition) is 3. The van der Waals surface area contributed by atoms with Crippen LogP contribution in [0.3, 0.4) is 0 Å². The minimum atomic E-state index is -3.43. The molecular weight excluding hydrogens is 258 g/mol. The molecule has 0 bridgehead atoms. The van der Waals surface area contributed by atoms with Crippen molar-refractivity contribution in [2.75, 3.05) is 0 Å². The molecule has 0 saturated heterocycles. The second-order valence-corrected chi connectivity index (χ2v) is 6.48. The summed E-state index contributed by atoms with van der Waals surface area (Å²) in [6.07, 6.45) is 2.93. The molecule has 0 amide bonds. The zero-order chi connectivity index (χ0) is 13.7. The van der Waals surface area contributed by atoms with E-state index in [0.29, 0.717) is 6.42 Å². The van der Waals surface area contributed by atoms with Crippen molar-refractivity contribution in [1.29, 1.82) is 0 Å². The molecule has 1 heterocycles. The predicted molar refractivity (Wildman–Crippen MR) is 75.5 cm³/mol. The summed E-state index contributed by atoms with van der Waals surface area (Å²) in [7, 11) is -3.43. The second kappa shape index (κ2) is 5.97. The van der Waals surface area contributed by atoms with E-state index in [1.807, 2.05) is 37.3 Å². The molecule has 100 valence electrons. The molecule has 1 unspecified atom stereocenters. The van der Waals surface area contributed by atoms with Gasteiger partial charge in [0.2, 0.25) is 9.84 Å². The van der Waals surface area contributed by atoms with E-state index in [9.17, 15) is 8.42 Å². The minimum absolute atomic E-state index is 0.150. The normalized spacial score (nSPS) is 13.1. The van der Waals surface area contributed by atoms with Crippen LogP contribution in [0.25, 0.3) is 0 Å². The van der Waals surface area contributed by atoms with E-state index < -0.39 is 15.1 Å². The van der Waals surface area contributed by atoms with Crippen molar-refractivity contribution in [3.8, 4) is 0 Å². The summed E-state index contributed by atoms with van der Waals surface area (Å²) in [5.41, 5.74) is 0.829. The fourth-order valence-corrected chi connectivity index (χ4v) is 3.92. The molecular formula is C15H17NO2S. The molecule has 1 aromatic heterocycles. The first-order valence-electron chi connectivity index (χ1n) is 6.36. The Balaban J connectivity index is 2.45. The van der Waals surface area contributed by atoms with Gasteiger partial charge in [0.25, 0.3) is 0 Å². The van der Waals surface area contributed by atoms with Gasteiger partial charge in [-0.1, -0.05) is 49.7 Å². The number of aromatic nitrogens is 1. The first-order chi connectivity index (χ1) is 9.16. The van der Waals surface area contributed by atoms with Crippen molar-refractivity contribution in [2.24, 2.45) is 0 Å². The molecule has 3 nitrogen and oxygen atoms in total. The van der Waals surface area contributed by atoms with Crippen LogP contribution in [0.1, 0.15) is 30.6 Å². The van der Waals surface area contributed by atoms with Crippen LogP contribution in [-0.2, 0) is 9.84 Å². The lowest BCUT2D eigenvalue weighted by molar-refractivity contribution is 0.569. The molecule has 1 atom stereocenters. The highest BCUT2D eigenvalue weighted by Crippen LogP contribution is 2.31. The third-order valence-electron chi connectivity index (χ3n) is 3.03. The standard InChI is InChI=1S/C15H17NO2S/c1-2-8-14(13-9-4-3-5-10-13)19(17,18)15-11-6-7-12-16-15/h3-7,9-12,14H,2,8H2,1H3. The molecule has 4 heteroatoms. The fourth-order valence-electron chi connectivity index (χ4n) is 2.09. The summed E-state index contributed by atoms with van der Waals surface area (Å²) >= 11 is 0. The predicted octanol–water partition coefficient (Wildman–Crippen LogP) is 3.40. The number of nitrogens with zero attached hydrogens (tertiary/aromatic N) is 1. The van der Waals surface area contributed by atoms with Crippen molar-refractivity contribution in [2.45, 2.75) is 30.0 Å². The summed E-state index contributed by atoms with van der Waals surface area (Å²) in [5.74, 6) is 0. The van der Waals surface area contributed by atoms with Crippen molar-refractivity contribution >= 4 is 9.84 Å². The summed E-state index contributed by atoms with van der Waals surface area (Å²) < 4.78 is 25.3. The number of rotatable bonds is 5. The van der Waals surface area contributed by atoms with E-state index in [-0.39, 0.29) is 5.03 Å². The van der Waals surface area contributed by atoms with Gasteiger partial charge in [0, 0.05) is 6.20 Å². The highest BCUT2D eigenvalue weighted by Gasteiger charge is 2.29. The lowest BCUT2D eigenvalue weighted by Gasteiger charge is -2.16. The molecule has 0 saturated carbocycles. The van der Waals surface area contributed by atoms with Crippen molar-refractivity contribution in [1.82, 2.24) is 4.98 Å². The van der Waals surface area contributed by atoms with Crippen molar-refractivity contribution < 1.29 is 8.42 Å². The lowest BCUT2D eigenvalue weighted by Crippen LogP contribution is -2.15. The van der Waals surface area contributed by atoms with Gasteiger partial charge in [0.05, 0.1) is 5.25 Å². The third-order valence-corrected chi connectivity index (χ3v) is 5.11. The molecule has 0 aliphatic carbocycles. The van der Waals surface area contributed by atoms with Gasteiger partial charge in [-0.05, 0) is 24.1 Å². The number of sulfone groups is 1. The summed E-state index contributed by atoms with van der Waals surface area (Å²) in [5, 5.41) is -0.370. The maximum absolute atomic E-state index is 12.7. The number of hydrogen-bond donors (Lipinski definition) is 0. The van der Waals surface area contributed by atoms with Gasteiger partial charge in [-0.3, -0.25) is 0 Å². The largest absolute Gasteiger partial charge is 0.245 e. The maximum Gasteiger partial charge on any atom is 0.202 e. The van der Waals surface area contributed by atoms with Gasteiger partial charge < -0.3 is 0 Å². The zero-order valence-electron chi connectivity index (χ0n) is 10.9. The van der Waals surface area contributed by atoms with E-state index in [0.717, 1.165) is 12.0 Å². The van der Waals surface area contributed by atoms with E-state index >= 15 is 0 Å². The van der Waals surface area contributed by atoms with Crippen LogP contribution in [0.4, 0.5) is 0 Å². The first kappa shape index (κ1) is 13.7. The average molecular weight is 275 g/mol. The highest BCUT2D eigenvalue weighted by atomic mass is 32.2. The number of pyridine rings is 1. The zero-order valence-corrected chi connectivity index (χ0v) is 11.7. The van der Waals surface area contributed by atoms with Gasteiger partial charge in [-0.2, -0.15) is 0 Å². The Hall–Kier alpha value is -1.68. The molecule has 1 aromatic carbocycles. The summed E-state index contributed by atoms with van der Waals surface area (Å²) in [6.45, 7) is 1.99. The van der Waals surface area contributed by atoms with Crippen LogP contribution in [-0.4, -0.2) is 13.4 Å². The molecule has 2 rings (SSSR count). The highest BCUT2D eigenvalue weighted by molar-refractivity contribution is 7.91. The molecule has 2 aromatic rings. The molecule has 0 spiro atoms. The van der Waals surface area contributed by atoms with E-state index in [2.05, 4.69) is 4.98 Å². The molecule has 0 aliphatic rings. The monoisotopic (exact) mass is 275 g/mol. The second-order valence-electron chi connectivity index (χ2n) is 4.40. The van der Waals surface area contributed by atoms with Gasteiger partial charge in [-0.25, -0.2) is 13.4 Å². The molecule has 0 aliphatic heterocycles. The topological polar surface area (TPSA) is 47.0 Å². The quantitative estimate of drug-likeness (QED) is 0.840. The van der Waals surface area contributed by atoms with Crippen molar-refractivity contribution in [3.63, 3.8) is 0 Å². The van der Waals surface area contributed by atoms with Crippen molar-refractivity contribution in [3.05, 3.63) is 60.3 Å². The lowest BCUT2D eigenvalue weighted by atomic mass is 10.1. The van der Waals surface area contributed by atoms with Crippen LogP contribution >= 0.6 is 0 Å². The summed E-state index contributed by atoms with van der Waals surface area (Å²) in [4.78, 5) is 3.99. The first-order valence-corrected chi connectivity index (χ1v) is 7.90. The Morgan fingerprint density at radius 3 is 2.32 bits per heavy atom. The van der Waals surface area contributed by atoms with E-state index in [4.69, 9.17) is 0 Å². The fraction of sp³-hybridized carbons (Fsp3) is 0.267. The van der Waals surface area contributed by atoms with Gasteiger partial charge in [-0.15, -0.1) is 0 Å². The number of benzene rings is 1. The van der Waals surface area contributed by atoms with Gasteiger partial charge >= 0.3 is 0 Å². The molecule has 0 N–H and O–H groups in total. The molecule has 0 fully saturated rings. The SMILES string of the molecule is CCCC(c1ccccc1)S(=O)(=O)c1ccccn1. The third kappa shape index (κ3) is 3.01. The molecule has 0 radical (unpaired) electrons. The van der Waals surface area contributed by atoms with Gasteiger partial charge in [0.15, 0.2) is 5.03 Å². The maximum atomic E-state index is 12.7. The summed E-state index contributed by atoms with van der Waals surface area (Å²) in [6, 6.07) is 14.3. The Bertz CT molecular complexity index is 609. The Morgan fingerprint density at radius 2 is 1.74 bits per heavy atom. The van der Waals surface area contributed by atoms with E-state index in [1.54, 1.807) is 18.2 Å². The van der Waals surface area contributed by atoms with Gasteiger partial charge in [0.1, 0.15) is 0 Å². The van der Waals surface area contributed by atoms with Crippen LogP contribution < -0.4 is 0 Å². The molecule has 19 heavy (non-hydrogen) atoms. The average Bonchev–Trinajstić information content (AvgIpc) is 2.46.